The van der Waals surface area contributed by atoms with Crippen molar-refractivity contribution in [1.82, 2.24) is 0 Å². The second-order valence-corrected chi connectivity index (χ2v) is 4.35. The van der Waals surface area contributed by atoms with E-state index in [0.29, 0.717) is 19.3 Å². The molecule has 0 fully saturated rings. The molecule has 2 heteroatoms. The molecule has 0 saturated heterocycles. The highest BCUT2D eigenvalue weighted by molar-refractivity contribution is 5.14. The zero-order chi connectivity index (χ0) is 12.0. The van der Waals surface area contributed by atoms with Gasteiger partial charge in [-0.15, -0.1) is 0 Å². The summed E-state index contributed by atoms with van der Waals surface area (Å²) >= 11 is 0. The van der Waals surface area contributed by atoms with Gasteiger partial charge in [-0.25, -0.2) is 0 Å². The normalized spacial score (nSPS) is 13.8. The average Bonchev–Trinajstić information content (AvgIpc) is 2.36. The van der Waals surface area contributed by atoms with Crippen LogP contribution >= 0.6 is 0 Å². The van der Waals surface area contributed by atoms with Gasteiger partial charge in [-0.05, 0) is 31.2 Å². The van der Waals surface area contributed by atoms with E-state index >= 15 is 0 Å². The van der Waals surface area contributed by atoms with Crippen molar-refractivity contribution in [2.24, 2.45) is 0 Å². The number of benzene rings is 1. The maximum absolute atomic E-state index is 10.1. The molecule has 0 radical (unpaired) electrons. The number of hydrogen-bond donors (Lipinski definition) is 2. The molecule has 1 rings (SSSR count). The monoisotopic (exact) mass is 222 g/mol. The van der Waals surface area contributed by atoms with Crippen molar-refractivity contribution in [3.8, 4) is 0 Å². The molecule has 1 aromatic carbocycles. The molecule has 90 valence electrons. The lowest BCUT2D eigenvalue weighted by molar-refractivity contribution is -0.0825. The third-order valence-corrected chi connectivity index (χ3v) is 3.39. The molecule has 0 saturated carbocycles. The molecular formula is C14H22O2. The summed E-state index contributed by atoms with van der Waals surface area (Å²) in [5.41, 5.74) is 0.283. The predicted octanol–water partition coefficient (Wildman–Crippen LogP) is 2.53. The van der Waals surface area contributed by atoms with Crippen LogP contribution in [0.25, 0.3) is 0 Å². The highest BCUT2D eigenvalue weighted by Gasteiger charge is 2.31. The smallest absolute Gasteiger partial charge is 0.0900 e. The molecular weight excluding hydrogens is 200 g/mol. The van der Waals surface area contributed by atoms with Crippen molar-refractivity contribution in [3.05, 3.63) is 35.9 Å². The Morgan fingerprint density at radius 2 is 1.69 bits per heavy atom. The van der Waals surface area contributed by atoms with Gasteiger partial charge in [0.25, 0.3) is 0 Å². The van der Waals surface area contributed by atoms with Gasteiger partial charge < -0.3 is 10.2 Å². The number of aliphatic hydroxyl groups is 2. The summed E-state index contributed by atoms with van der Waals surface area (Å²) in [7, 11) is 0. The van der Waals surface area contributed by atoms with Gasteiger partial charge in [0, 0.05) is 0 Å². The first-order chi connectivity index (χ1) is 7.62. The van der Waals surface area contributed by atoms with Gasteiger partial charge in [0.15, 0.2) is 0 Å². The molecule has 2 N–H and O–H groups in total. The number of aliphatic hydroxyl groups excluding tert-OH is 1. The minimum absolute atomic E-state index is 0.597. The largest absolute Gasteiger partial charge is 0.390 e. The van der Waals surface area contributed by atoms with Gasteiger partial charge in [0.2, 0.25) is 0 Å². The van der Waals surface area contributed by atoms with E-state index in [-0.39, 0.29) is 0 Å². The second-order valence-electron chi connectivity index (χ2n) is 4.35. The van der Waals surface area contributed by atoms with Crippen LogP contribution in [-0.4, -0.2) is 21.9 Å². The molecule has 16 heavy (non-hydrogen) atoms. The van der Waals surface area contributed by atoms with Crippen molar-refractivity contribution >= 4 is 0 Å². The SMILES string of the molecule is CCC(O)(CC)C(O)CCc1ccccc1. The van der Waals surface area contributed by atoms with Gasteiger partial charge in [-0.1, -0.05) is 44.2 Å². The Morgan fingerprint density at radius 1 is 1.12 bits per heavy atom. The first-order valence-corrected chi connectivity index (χ1v) is 6.06. The van der Waals surface area contributed by atoms with E-state index in [9.17, 15) is 10.2 Å². The van der Waals surface area contributed by atoms with Gasteiger partial charge in [0.05, 0.1) is 11.7 Å². The van der Waals surface area contributed by atoms with Crippen LogP contribution in [0.5, 0.6) is 0 Å². The van der Waals surface area contributed by atoms with Crippen LogP contribution in [0.1, 0.15) is 38.7 Å². The minimum Gasteiger partial charge on any atom is -0.390 e. The molecule has 0 aromatic heterocycles. The van der Waals surface area contributed by atoms with Crippen LogP contribution in [0, 0.1) is 0 Å². The summed E-state index contributed by atoms with van der Waals surface area (Å²) in [6, 6.07) is 10.1. The molecule has 0 spiro atoms. The molecule has 2 nitrogen and oxygen atoms in total. The van der Waals surface area contributed by atoms with E-state index in [0.717, 1.165) is 6.42 Å². The molecule has 0 aliphatic carbocycles. The van der Waals surface area contributed by atoms with E-state index in [4.69, 9.17) is 0 Å². The summed E-state index contributed by atoms with van der Waals surface area (Å²) in [6.45, 7) is 3.82. The lowest BCUT2D eigenvalue weighted by atomic mass is 9.87. The fraction of sp³-hybridized carbons (Fsp3) is 0.571. The Hall–Kier alpha value is -0.860. The van der Waals surface area contributed by atoms with E-state index in [1.807, 2.05) is 44.2 Å². The van der Waals surface area contributed by atoms with Crippen LogP contribution in [0.15, 0.2) is 30.3 Å². The van der Waals surface area contributed by atoms with E-state index in [2.05, 4.69) is 0 Å². The molecule has 0 bridgehead atoms. The van der Waals surface area contributed by atoms with Crippen LogP contribution in [0.4, 0.5) is 0 Å². The fourth-order valence-electron chi connectivity index (χ4n) is 1.94. The number of aryl methyl sites for hydroxylation is 1. The molecule has 0 aliphatic rings. The van der Waals surface area contributed by atoms with Crippen molar-refractivity contribution in [1.29, 1.82) is 0 Å². The van der Waals surface area contributed by atoms with Gasteiger partial charge in [0.1, 0.15) is 0 Å². The quantitative estimate of drug-likeness (QED) is 0.776. The highest BCUT2D eigenvalue weighted by Crippen LogP contribution is 2.23. The van der Waals surface area contributed by atoms with Crippen LogP contribution in [-0.2, 0) is 6.42 Å². The zero-order valence-electron chi connectivity index (χ0n) is 10.2. The Bertz CT molecular complexity index is 291. The first kappa shape index (κ1) is 13.2. The maximum Gasteiger partial charge on any atom is 0.0900 e. The maximum atomic E-state index is 10.1. The van der Waals surface area contributed by atoms with E-state index in [1.165, 1.54) is 5.56 Å². The molecule has 1 atom stereocenters. The minimum atomic E-state index is -0.922. The van der Waals surface area contributed by atoms with Gasteiger partial charge >= 0.3 is 0 Å². The van der Waals surface area contributed by atoms with E-state index in [1.54, 1.807) is 0 Å². The Balaban J connectivity index is 2.49. The predicted molar refractivity (Wildman–Crippen MR) is 66.3 cm³/mol. The summed E-state index contributed by atoms with van der Waals surface area (Å²) in [6.07, 6.45) is 1.98. The Morgan fingerprint density at radius 3 is 2.19 bits per heavy atom. The molecule has 0 heterocycles. The topological polar surface area (TPSA) is 40.5 Å². The zero-order valence-corrected chi connectivity index (χ0v) is 10.2. The summed E-state index contributed by atoms with van der Waals surface area (Å²) in [5, 5.41) is 20.1. The van der Waals surface area contributed by atoms with Gasteiger partial charge in [-0.3, -0.25) is 0 Å². The lowest BCUT2D eigenvalue weighted by Gasteiger charge is -2.31. The third kappa shape index (κ3) is 3.32. The van der Waals surface area contributed by atoms with Crippen molar-refractivity contribution in [2.45, 2.75) is 51.2 Å². The Labute approximate surface area is 97.9 Å². The van der Waals surface area contributed by atoms with Crippen LogP contribution in [0.3, 0.4) is 0 Å². The van der Waals surface area contributed by atoms with Crippen molar-refractivity contribution in [2.75, 3.05) is 0 Å². The van der Waals surface area contributed by atoms with Gasteiger partial charge in [-0.2, -0.15) is 0 Å². The molecule has 0 aliphatic heterocycles. The average molecular weight is 222 g/mol. The van der Waals surface area contributed by atoms with Crippen LogP contribution < -0.4 is 0 Å². The lowest BCUT2D eigenvalue weighted by Crippen LogP contribution is -2.41. The summed E-state index contributed by atoms with van der Waals surface area (Å²) < 4.78 is 0. The standard InChI is InChI=1S/C14H22O2/c1-3-14(16,4-2)13(15)11-10-12-8-6-5-7-9-12/h5-9,13,15-16H,3-4,10-11H2,1-2H3. The molecule has 1 aromatic rings. The highest BCUT2D eigenvalue weighted by atomic mass is 16.3. The first-order valence-electron chi connectivity index (χ1n) is 6.06. The van der Waals surface area contributed by atoms with Crippen molar-refractivity contribution in [3.63, 3.8) is 0 Å². The van der Waals surface area contributed by atoms with Crippen molar-refractivity contribution < 1.29 is 10.2 Å². The summed E-state index contributed by atoms with van der Waals surface area (Å²) in [5.74, 6) is 0. The number of rotatable bonds is 6. The van der Waals surface area contributed by atoms with Crippen LogP contribution in [0.2, 0.25) is 0 Å². The number of hydrogen-bond acceptors (Lipinski definition) is 2. The second kappa shape index (κ2) is 6.02. The molecule has 0 amide bonds. The third-order valence-electron chi connectivity index (χ3n) is 3.39. The van der Waals surface area contributed by atoms with E-state index < -0.39 is 11.7 Å². The Kier molecular flexibility index (Phi) is 4.97. The molecule has 1 unspecified atom stereocenters. The summed E-state index contributed by atoms with van der Waals surface area (Å²) in [4.78, 5) is 0. The fourth-order valence-corrected chi connectivity index (χ4v) is 1.94.